The van der Waals surface area contributed by atoms with Crippen molar-refractivity contribution in [2.24, 2.45) is 0 Å². The monoisotopic (exact) mass is 487 g/mol. The normalized spacial score (nSPS) is 12.4. The zero-order valence-corrected chi connectivity index (χ0v) is 22.1. The van der Waals surface area contributed by atoms with Gasteiger partial charge in [0.15, 0.2) is 0 Å². The highest BCUT2D eigenvalue weighted by molar-refractivity contribution is 7.92. The van der Waals surface area contributed by atoms with Crippen LogP contribution in [0.3, 0.4) is 0 Å². The number of aryl methyl sites for hydroxylation is 3. The lowest BCUT2D eigenvalue weighted by Gasteiger charge is -2.33. The molecular formula is C26H37N3O4S. The molecule has 0 aliphatic rings. The summed E-state index contributed by atoms with van der Waals surface area (Å²) in [5, 5.41) is 2.89. The van der Waals surface area contributed by atoms with Gasteiger partial charge in [0, 0.05) is 12.6 Å². The van der Waals surface area contributed by atoms with E-state index in [-0.39, 0.29) is 18.5 Å². The fraction of sp³-hybridized carbons (Fsp3) is 0.462. The number of carbonyl (C=O) groups is 2. The van der Waals surface area contributed by atoms with Crippen molar-refractivity contribution in [3.05, 3.63) is 64.7 Å². The van der Waals surface area contributed by atoms with Crippen molar-refractivity contribution < 1.29 is 18.0 Å². The summed E-state index contributed by atoms with van der Waals surface area (Å²) in [7, 11) is -3.74. The van der Waals surface area contributed by atoms with Gasteiger partial charge < -0.3 is 10.2 Å². The predicted octanol–water partition coefficient (Wildman–Crippen LogP) is 3.71. The first-order chi connectivity index (χ1) is 15.8. The summed E-state index contributed by atoms with van der Waals surface area (Å²) in [6.45, 7) is 11.2. The highest BCUT2D eigenvalue weighted by Gasteiger charge is 2.32. The summed E-state index contributed by atoms with van der Waals surface area (Å²) < 4.78 is 26.5. The van der Waals surface area contributed by atoms with Gasteiger partial charge in [0.1, 0.15) is 12.6 Å². The van der Waals surface area contributed by atoms with Gasteiger partial charge in [-0.1, -0.05) is 42.8 Å². The summed E-state index contributed by atoms with van der Waals surface area (Å²) in [5.74, 6) is -0.688. The van der Waals surface area contributed by atoms with Crippen molar-refractivity contribution in [2.45, 2.75) is 66.6 Å². The topological polar surface area (TPSA) is 86.8 Å². The number of amides is 2. The Kier molecular flexibility index (Phi) is 9.27. The van der Waals surface area contributed by atoms with Crippen LogP contribution in [0, 0.1) is 20.8 Å². The number of sulfonamides is 1. The van der Waals surface area contributed by atoms with Crippen LogP contribution in [0.4, 0.5) is 5.69 Å². The van der Waals surface area contributed by atoms with Crippen LogP contribution in [0.15, 0.2) is 42.5 Å². The quantitative estimate of drug-likeness (QED) is 0.554. The van der Waals surface area contributed by atoms with Gasteiger partial charge in [-0.2, -0.15) is 0 Å². The Morgan fingerprint density at radius 1 is 1.00 bits per heavy atom. The molecule has 1 atom stereocenters. The third-order valence-corrected chi connectivity index (χ3v) is 6.85. The molecule has 7 nitrogen and oxygen atoms in total. The third-order valence-electron chi connectivity index (χ3n) is 5.71. The first-order valence-corrected chi connectivity index (χ1v) is 13.4. The van der Waals surface area contributed by atoms with Crippen LogP contribution in [-0.2, 0) is 26.2 Å². The molecule has 0 fully saturated rings. The molecule has 0 aliphatic heterocycles. The molecule has 0 spiro atoms. The van der Waals surface area contributed by atoms with Crippen molar-refractivity contribution in [3.63, 3.8) is 0 Å². The molecule has 2 aromatic carbocycles. The summed E-state index contributed by atoms with van der Waals surface area (Å²) in [5.41, 5.74) is 4.30. The highest BCUT2D eigenvalue weighted by Crippen LogP contribution is 2.22. The second kappa shape index (κ2) is 11.5. The lowest BCUT2D eigenvalue weighted by molar-refractivity contribution is -0.140. The van der Waals surface area contributed by atoms with Crippen LogP contribution in [0.5, 0.6) is 0 Å². The van der Waals surface area contributed by atoms with E-state index in [1.54, 1.807) is 12.1 Å². The molecule has 2 aromatic rings. The van der Waals surface area contributed by atoms with Gasteiger partial charge in [0.05, 0.1) is 11.9 Å². The molecule has 0 unspecified atom stereocenters. The first-order valence-electron chi connectivity index (χ1n) is 11.5. The van der Waals surface area contributed by atoms with E-state index in [9.17, 15) is 18.0 Å². The van der Waals surface area contributed by atoms with Crippen molar-refractivity contribution in [2.75, 3.05) is 17.1 Å². The molecule has 34 heavy (non-hydrogen) atoms. The van der Waals surface area contributed by atoms with Crippen molar-refractivity contribution in [1.82, 2.24) is 10.2 Å². The second-order valence-electron chi connectivity index (χ2n) is 9.14. The summed E-state index contributed by atoms with van der Waals surface area (Å²) in [6, 6.07) is 12.2. The number of carbonyl (C=O) groups excluding carboxylic acids is 2. The molecule has 0 saturated carbocycles. The lowest BCUT2D eigenvalue weighted by atomic mass is 10.1. The third kappa shape index (κ3) is 7.32. The van der Waals surface area contributed by atoms with Crippen LogP contribution in [0.2, 0.25) is 0 Å². The SMILES string of the molecule is CC[C@H](C(=O)NC(C)C)N(Cc1cccc(C)c1)C(=O)CN(c1ccc(C)c(C)c1)S(C)(=O)=O. The molecular weight excluding hydrogens is 450 g/mol. The number of nitrogens with one attached hydrogen (secondary N) is 1. The van der Waals surface area contributed by atoms with E-state index in [1.807, 2.05) is 71.9 Å². The Balaban J connectivity index is 2.46. The van der Waals surface area contributed by atoms with Gasteiger partial charge in [-0.3, -0.25) is 13.9 Å². The Morgan fingerprint density at radius 2 is 1.68 bits per heavy atom. The van der Waals surface area contributed by atoms with Gasteiger partial charge in [-0.15, -0.1) is 0 Å². The summed E-state index contributed by atoms with van der Waals surface area (Å²) >= 11 is 0. The number of nitrogens with zero attached hydrogens (tertiary/aromatic N) is 2. The molecule has 0 aromatic heterocycles. The van der Waals surface area contributed by atoms with Crippen molar-refractivity contribution in [3.8, 4) is 0 Å². The van der Waals surface area contributed by atoms with Crippen LogP contribution in [-0.4, -0.2) is 50.0 Å². The highest BCUT2D eigenvalue weighted by atomic mass is 32.2. The maximum atomic E-state index is 13.6. The maximum Gasteiger partial charge on any atom is 0.244 e. The average Bonchev–Trinajstić information content (AvgIpc) is 2.72. The van der Waals surface area contributed by atoms with Crippen LogP contribution in [0.25, 0.3) is 0 Å². The van der Waals surface area contributed by atoms with E-state index in [0.29, 0.717) is 12.1 Å². The second-order valence-corrected chi connectivity index (χ2v) is 11.0. The number of hydrogen-bond acceptors (Lipinski definition) is 4. The molecule has 0 saturated heterocycles. The molecule has 2 amide bonds. The number of anilines is 1. The van der Waals surface area contributed by atoms with E-state index in [4.69, 9.17) is 0 Å². The first kappa shape index (κ1) is 27.4. The molecule has 186 valence electrons. The zero-order valence-electron chi connectivity index (χ0n) is 21.3. The van der Waals surface area contributed by atoms with Gasteiger partial charge >= 0.3 is 0 Å². The molecule has 0 bridgehead atoms. The number of hydrogen-bond donors (Lipinski definition) is 1. The van der Waals surface area contributed by atoms with Gasteiger partial charge in [0.25, 0.3) is 0 Å². The van der Waals surface area contributed by atoms with E-state index < -0.39 is 28.5 Å². The Hall–Kier alpha value is -2.87. The molecule has 8 heteroatoms. The van der Waals surface area contributed by atoms with Gasteiger partial charge in [0.2, 0.25) is 21.8 Å². The number of rotatable bonds is 10. The Morgan fingerprint density at radius 3 is 2.21 bits per heavy atom. The number of benzene rings is 2. The van der Waals surface area contributed by atoms with Gasteiger partial charge in [-0.25, -0.2) is 8.42 Å². The molecule has 0 radical (unpaired) electrons. The van der Waals surface area contributed by atoms with Gasteiger partial charge in [-0.05, 0) is 69.9 Å². The standard InChI is InChI=1S/C26H37N3O4S/c1-8-24(26(31)27-18(2)3)28(16-22-11-9-10-19(4)14-22)25(30)17-29(34(7,32)33)23-13-12-20(5)21(6)15-23/h9-15,18,24H,8,16-17H2,1-7H3,(H,27,31)/t24-/m1/s1. The van der Waals surface area contributed by atoms with Crippen molar-refractivity contribution >= 4 is 27.5 Å². The van der Waals surface area contributed by atoms with E-state index >= 15 is 0 Å². The minimum atomic E-state index is -3.74. The zero-order chi connectivity index (χ0) is 25.6. The Labute approximate surface area is 204 Å². The van der Waals surface area contributed by atoms with Crippen LogP contribution >= 0.6 is 0 Å². The molecule has 2 rings (SSSR count). The smallest absolute Gasteiger partial charge is 0.244 e. The minimum absolute atomic E-state index is 0.0828. The molecule has 1 N–H and O–H groups in total. The van der Waals surface area contributed by atoms with Crippen LogP contribution in [0.1, 0.15) is 49.4 Å². The fourth-order valence-electron chi connectivity index (χ4n) is 3.80. The van der Waals surface area contributed by atoms with Crippen LogP contribution < -0.4 is 9.62 Å². The lowest BCUT2D eigenvalue weighted by Crippen LogP contribution is -2.53. The predicted molar refractivity (Wildman–Crippen MR) is 137 cm³/mol. The molecule has 0 aliphatic carbocycles. The summed E-state index contributed by atoms with van der Waals surface area (Å²) in [6.07, 6.45) is 1.49. The molecule has 0 heterocycles. The average molecular weight is 488 g/mol. The minimum Gasteiger partial charge on any atom is -0.352 e. The Bertz CT molecular complexity index is 1130. The fourth-order valence-corrected chi connectivity index (χ4v) is 4.64. The summed E-state index contributed by atoms with van der Waals surface area (Å²) in [4.78, 5) is 28.1. The maximum absolute atomic E-state index is 13.6. The van der Waals surface area contributed by atoms with E-state index in [2.05, 4.69) is 5.32 Å². The van der Waals surface area contributed by atoms with Crippen molar-refractivity contribution in [1.29, 1.82) is 0 Å². The van der Waals surface area contributed by atoms with E-state index in [0.717, 1.165) is 32.8 Å². The van der Waals surface area contributed by atoms with E-state index in [1.165, 1.54) is 4.90 Å². The largest absolute Gasteiger partial charge is 0.352 e.